The highest BCUT2D eigenvalue weighted by Crippen LogP contribution is 2.14. The van der Waals surface area contributed by atoms with Gasteiger partial charge in [0.1, 0.15) is 0 Å². The predicted octanol–water partition coefficient (Wildman–Crippen LogP) is 7.33. The number of hydrogen-bond acceptors (Lipinski definition) is 2. The van der Waals surface area contributed by atoms with E-state index in [0.717, 1.165) is 103 Å². The minimum absolute atomic E-state index is 0.0963. The summed E-state index contributed by atoms with van der Waals surface area (Å²) in [6.45, 7) is 12.0. The standard InChI is InChI=1S/C28H48N2O2/c1-5-9-13-21-29(22-14-10-6-2)27(31)25-17-19-26(20-18-25)28(32)30(23-15-11-7-3)24-16-12-8-4/h17-20H,5-16,21-24H2,1-4H3. The smallest absolute Gasteiger partial charge is 0.253 e. The van der Waals surface area contributed by atoms with Gasteiger partial charge in [0.05, 0.1) is 0 Å². The highest BCUT2D eigenvalue weighted by Gasteiger charge is 2.18. The van der Waals surface area contributed by atoms with Gasteiger partial charge < -0.3 is 9.80 Å². The van der Waals surface area contributed by atoms with Gasteiger partial charge in [-0.2, -0.15) is 0 Å². The number of nitrogens with zero attached hydrogens (tertiary/aromatic N) is 2. The SMILES string of the molecule is CCCCCN(CCCCC)C(=O)c1ccc(C(=O)N(CCCCC)CCCCC)cc1. The summed E-state index contributed by atoms with van der Waals surface area (Å²) in [6.07, 6.45) is 13.4. The lowest BCUT2D eigenvalue weighted by molar-refractivity contribution is 0.0737. The second-order valence-electron chi connectivity index (χ2n) is 8.99. The first-order valence-electron chi connectivity index (χ1n) is 13.3. The molecular weight excluding hydrogens is 396 g/mol. The van der Waals surface area contributed by atoms with Gasteiger partial charge in [-0.05, 0) is 49.9 Å². The molecule has 0 saturated heterocycles. The molecule has 0 unspecified atom stereocenters. The molecule has 0 heterocycles. The summed E-state index contributed by atoms with van der Waals surface area (Å²) >= 11 is 0. The molecule has 4 nitrogen and oxygen atoms in total. The molecule has 0 atom stereocenters. The molecule has 0 aliphatic rings. The first-order chi connectivity index (χ1) is 15.6. The van der Waals surface area contributed by atoms with E-state index in [1.165, 1.54) is 0 Å². The zero-order valence-electron chi connectivity index (χ0n) is 21.3. The van der Waals surface area contributed by atoms with Crippen molar-refractivity contribution in [2.75, 3.05) is 26.2 Å². The van der Waals surface area contributed by atoms with Crippen LogP contribution in [0, 0.1) is 0 Å². The van der Waals surface area contributed by atoms with Crippen molar-refractivity contribution < 1.29 is 9.59 Å². The summed E-state index contributed by atoms with van der Waals surface area (Å²) in [5, 5.41) is 0. The lowest BCUT2D eigenvalue weighted by Gasteiger charge is -2.24. The fraction of sp³-hybridized carbons (Fsp3) is 0.714. The van der Waals surface area contributed by atoms with Crippen LogP contribution in [-0.4, -0.2) is 47.8 Å². The number of carbonyl (C=O) groups is 2. The van der Waals surface area contributed by atoms with Crippen molar-refractivity contribution in [1.29, 1.82) is 0 Å². The molecule has 0 aliphatic heterocycles. The Labute approximate surface area is 197 Å². The molecule has 1 aromatic rings. The van der Waals surface area contributed by atoms with E-state index in [4.69, 9.17) is 0 Å². The van der Waals surface area contributed by atoms with E-state index >= 15 is 0 Å². The molecule has 4 heteroatoms. The highest BCUT2D eigenvalue weighted by atomic mass is 16.2. The molecule has 32 heavy (non-hydrogen) atoms. The fourth-order valence-corrected chi connectivity index (χ4v) is 3.96. The molecule has 182 valence electrons. The van der Waals surface area contributed by atoms with Crippen LogP contribution < -0.4 is 0 Å². The minimum atomic E-state index is 0.0963. The molecule has 0 bridgehead atoms. The summed E-state index contributed by atoms with van der Waals surface area (Å²) in [4.78, 5) is 30.3. The van der Waals surface area contributed by atoms with E-state index in [0.29, 0.717) is 11.1 Å². The molecule has 0 aliphatic carbocycles. The second kappa shape index (κ2) is 17.7. The van der Waals surface area contributed by atoms with Crippen LogP contribution in [0.1, 0.15) is 125 Å². The Morgan fingerprint density at radius 2 is 0.750 bits per heavy atom. The lowest BCUT2D eigenvalue weighted by atomic mass is 10.1. The van der Waals surface area contributed by atoms with Gasteiger partial charge >= 0.3 is 0 Å². The molecule has 0 saturated carbocycles. The molecule has 0 N–H and O–H groups in total. The van der Waals surface area contributed by atoms with Crippen molar-refractivity contribution in [1.82, 2.24) is 9.80 Å². The summed E-state index contributed by atoms with van der Waals surface area (Å²) in [5.74, 6) is 0.193. The van der Waals surface area contributed by atoms with Crippen LogP contribution in [0.15, 0.2) is 24.3 Å². The van der Waals surface area contributed by atoms with Crippen LogP contribution in [0.25, 0.3) is 0 Å². The van der Waals surface area contributed by atoms with E-state index in [2.05, 4.69) is 27.7 Å². The maximum absolute atomic E-state index is 13.1. The van der Waals surface area contributed by atoms with Gasteiger partial charge in [0.2, 0.25) is 0 Å². The minimum Gasteiger partial charge on any atom is -0.339 e. The maximum atomic E-state index is 13.1. The third kappa shape index (κ3) is 10.7. The average molecular weight is 445 g/mol. The summed E-state index contributed by atoms with van der Waals surface area (Å²) in [7, 11) is 0. The van der Waals surface area contributed by atoms with Gasteiger partial charge in [0, 0.05) is 37.3 Å². The van der Waals surface area contributed by atoms with Crippen molar-refractivity contribution in [2.24, 2.45) is 0 Å². The van der Waals surface area contributed by atoms with Crippen molar-refractivity contribution >= 4 is 11.8 Å². The topological polar surface area (TPSA) is 40.6 Å². The fourth-order valence-electron chi connectivity index (χ4n) is 3.96. The molecule has 1 aromatic carbocycles. The lowest BCUT2D eigenvalue weighted by Crippen LogP contribution is -2.34. The van der Waals surface area contributed by atoms with Crippen molar-refractivity contribution in [3.63, 3.8) is 0 Å². The second-order valence-corrected chi connectivity index (χ2v) is 8.99. The Bertz CT molecular complexity index is 552. The Kier molecular flexibility index (Phi) is 15.6. The van der Waals surface area contributed by atoms with Crippen LogP contribution in [0.5, 0.6) is 0 Å². The maximum Gasteiger partial charge on any atom is 0.253 e. The molecule has 0 aromatic heterocycles. The van der Waals surface area contributed by atoms with E-state index in [-0.39, 0.29) is 11.8 Å². The van der Waals surface area contributed by atoms with Crippen LogP contribution in [0.4, 0.5) is 0 Å². The first-order valence-corrected chi connectivity index (χ1v) is 13.3. The van der Waals surface area contributed by atoms with Crippen LogP contribution in [0.2, 0.25) is 0 Å². The van der Waals surface area contributed by atoms with E-state index in [1.807, 2.05) is 34.1 Å². The van der Waals surface area contributed by atoms with Crippen LogP contribution in [0.3, 0.4) is 0 Å². The van der Waals surface area contributed by atoms with Crippen molar-refractivity contribution in [3.8, 4) is 0 Å². The predicted molar refractivity (Wildman–Crippen MR) is 136 cm³/mol. The van der Waals surface area contributed by atoms with Crippen LogP contribution in [-0.2, 0) is 0 Å². The van der Waals surface area contributed by atoms with Crippen molar-refractivity contribution in [2.45, 2.75) is 105 Å². The Morgan fingerprint density at radius 3 is 0.969 bits per heavy atom. The quantitative estimate of drug-likeness (QED) is 0.222. The molecule has 2 amide bonds. The van der Waals surface area contributed by atoms with Gasteiger partial charge in [-0.1, -0.05) is 79.1 Å². The van der Waals surface area contributed by atoms with Crippen molar-refractivity contribution in [3.05, 3.63) is 35.4 Å². The van der Waals surface area contributed by atoms with E-state index < -0.39 is 0 Å². The third-order valence-corrected chi connectivity index (χ3v) is 6.08. The average Bonchev–Trinajstić information content (AvgIpc) is 2.82. The number of rotatable bonds is 18. The van der Waals surface area contributed by atoms with Gasteiger partial charge in [-0.15, -0.1) is 0 Å². The largest absolute Gasteiger partial charge is 0.339 e. The highest BCUT2D eigenvalue weighted by molar-refractivity contribution is 5.97. The first kappa shape index (κ1) is 28.2. The Hall–Kier alpha value is -1.84. The molecule has 0 spiro atoms. The van der Waals surface area contributed by atoms with Gasteiger partial charge in [0.15, 0.2) is 0 Å². The van der Waals surface area contributed by atoms with Gasteiger partial charge in [0.25, 0.3) is 11.8 Å². The number of carbonyl (C=O) groups excluding carboxylic acids is 2. The van der Waals surface area contributed by atoms with Crippen LogP contribution >= 0.6 is 0 Å². The number of hydrogen-bond donors (Lipinski definition) is 0. The zero-order chi connectivity index (χ0) is 23.6. The Balaban J connectivity index is 2.83. The summed E-state index contributed by atoms with van der Waals surface area (Å²) in [6, 6.07) is 7.38. The molecule has 1 rings (SSSR count). The molecule has 0 fully saturated rings. The summed E-state index contributed by atoms with van der Waals surface area (Å²) < 4.78 is 0. The Morgan fingerprint density at radius 1 is 0.500 bits per heavy atom. The summed E-state index contributed by atoms with van der Waals surface area (Å²) in [5.41, 5.74) is 1.39. The molecular formula is C28H48N2O2. The molecule has 0 radical (unpaired) electrons. The van der Waals surface area contributed by atoms with E-state index in [9.17, 15) is 9.59 Å². The number of amides is 2. The normalized spacial score (nSPS) is 10.9. The van der Waals surface area contributed by atoms with Gasteiger partial charge in [-0.3, -0.25) is 9.59 Å². The monoisotopic (exact) mass is 444 g/mol. The third-order valence-electron chi connectivity index (χ3n) is 6.08. The van der Waals surface area contributed by atoms with E-state index in [1.54, 1.807) is 0 Å². The number of unbranched alkanes of at least 4 members (excludes halogenated alkanes) is 8. The zero-order valence-corrected chi connectivity index (χ0v) is 21.3. The number of benzene rings is 1. The van der Waals surface area contributed by atoms with Gasteiger partial charge in [-0.25, -0.2) is 0 Å².